The van der Waals surface area contributed by atoms with Crippen LogP contribution in [-0.2, 0) is 6.42 Å². The fraction of sp³-hybridized carbons (Fsp3) is 0.625. The lowest BCUT2D eigenvalue weighted by Crippen LogP contribution is -2.36. The van der Waals surface area contributed by atoms with E-state index in [1.165, 1.54) is 42.9 Å². The van der Waals surface area contributed by atoms with Crippen molar-refractivity contribution in [2.45, 2.75) is 73.6 Å². The minimum atomic E-state index is -0.131. The number of furan rings is 1. The van der Waals surface area contributed by atoms with Gasteiger partial charge >= 0.3 is 0 Å². The maximum absolute atomic E-state index is 12.1. The Hall–Kier alpha value is -1.57. The second-order valence-electron chi connectivity index (χ2n) is 10.5. The number of hydrogen-bond acceptors (Lipinski definition) is 2. The summed E-state index contributed by atoms with van der Waals surface area (Å²) in [6.45, 7) is 17.5. The lowest BCUT2D eigenvalue weighted by atomic mass is 9.59. The van der Waals surface area contributed by atoms with Crippen molar-refractivity contribution in [2.75, 3.05) is 0 Å². The molecule has 1 saturated carbocycles. The number of carbonyl (C=O) groups excluding carboxylic acids is 1. The molecule has 0 saturated heterocycles. The second kappa shape index (κ2) is 6.25. The summed E-state index contributed by atoms with van der Waals surface area (Å²) in [6, 6.07) is 1.96. The third-order valence-corrected chi connectivity index (χ3v) is 6.61. The Balaban J connectivity index is 2.01. The van der Waals surface area contributed by atoms with Crippen LogP contribution in [0.1, 0.15) is 89.1 Å². The van der Waals surface area contributed by atoms with Gasteiger partial charge in [0.15, 0.2) is 5.76 Å². The van der Waals surface area contributed by atoms with Crippen LogP contribution in [0.15, 0.2) is 29.2 Å². The summed E-state index contributed by atoms with van der Waals surface area (Å²) in [5.41, 5.74) is 3.02. The van der Waals surface area contributed by atoms with Gasteiger partial charge in [0.25, 0.3) is 0 Å². The molecular weight excluding hydrogens is 320 g/mol. The smallest absolute Gasteiger partial charge is 0.220 e. The van der Waals surface area contributed by atoms with E-state index in [0.717, 1.165) is 12.2 Å². The highest BCUT2D eigenvalue weighted by Crippen LogP contribution is 2.53. The summed E-state index contributed by atoms with van der Waals surface area (Å²) in [6.07, 6.45) is 9.93. The molecule has 1 aromatic rings. The van der Waals surface area contributed by atoms with E-state index in [1.54, 1.807) is 0 Å². The van der Waals surface area contributed by atoms with Gasteiger partial charge in [-0.2, -0.15) is 0 Å². The Labute approximate surface area is 158 Å². The Bertz CT molecular complexity index is 744. The average Bonchev–Trinajstić information content (AvgIpc) is 2.95. The maximum atomic E-state index is 12.1. The monoisotopic (exact) mass is 354 g/mol. The summed E-state index contributed by atoms with van der Waals surface area (Å²) in [4.78, 5) is 12.1. The highest BCUT2D eigenvalue weighted by Gasteiger charge is 2.43. The van der Waals surface area contributed by atoms with E-state index in [2.05, 4.69) is 54.2 Å². The van der Waals surface area contributed by atoms with Crippen molar-refractivity contribution in [1.82, 2.24) is 0 Å². The van der Waals surface area contributed by atoms with Gasteiger partial charge in [-0.1, -0.05) is 54.2 Å². The highest BCUT2D eigenvalue weighted by atomic mass is 16.3. The predicted octanol–water partition coefficient (Wildman–Crippen LogP) is 6.86. The Morgan fingerprint density at radius 1 is 1.23 bits per heavy atom. The molecule has 0 aliphatic heterocycles. The van der Waals surface area contributed by atoms with E-state index >= 15 is 0 Å². The Morgan fingerprint density at radius 2 is 1.85 bits per heavy atom. The van der Waals surface area contributed by atoms with Gasteiger partial charge in [-0.15, -0.1) is 0 Å². The van der Waals surface area contributed by atoms with E-state index in [0.29, 0.717) is 17.1 Å². The summed E-state index contributed by atoms with van der Waals surface area (Å²) >= 11 is 0. The first-order chi connectivity index (χ1) is 12.0. The van der Waals surface area contributed by atoms with Gasteiger partial charge in [-0.3, -0.25) is 4.79 Å². The molecule has 0 bridgehead atoms. The van der Waals surface area contributed by atoms with Crippen molar-refractivity contribution in [3.8, 4) is 0 Å². The van der Waals surface area contributed by atoms with Crippen LogP contribution in [-0.4, -0.2) is 5.78 Å². The van der Waals surface area contributed by atoms with E-state index in [9.17, 15) is 4.79 Å². The first-order valence-corrected chi connectivity index (χ1v) is 9.98. The molecule has 2 aliphatic carbocycles. The van der Waals surface area contributed by atoms with Crippen molar-refractivity contribution >= 4 is 11.4 Å². The molecule has 2 heteroatoms. The summed E-state index contributed by atoms with van der Waals surface area (Å²) in [7, 11) is 0. The zero-order valence-corrected chi connectivity index (χ0v) is 17.4. The quantitative estimate of drug-likeness (QED) is 0.438. The zero-order chi connectivity index (χ0) is 19.3. The van der Waals surface area contributed by atoms with E-state index < -0.39 is 0 Å². The molecule has 0 radical (unpaired) electrons. The fourth-order valence-corrected chi connectivity index (χ4v) is 4.74. The molecule has 0 spiro atoms. The largest absolute Gasteiger partial charge is 0.453 e. The predicted molar refractivity (Wildman–Crippen MR) is 108 cm³/mol. The first-order valence-electron chi connectivity index (χ1n) is 9.98. The number of ketones is 1. The molecular formula is C24H34O2. The molecule has 1 aromatic heterocycles. The van der Waals surface area contributed by atoms with Crippen molar-refractivity contribution < 1.29 is 9.21 Å². The van der Waals surface area contributed by atoms with Crippen LogP contribution in [0.2, 0.25) is 0 Å². The van der Waals surface area contributed by atoms with Crippen molar-refractivity contribution in [2.24, 2.45) is 22.2 Å². The normalized spacial score (nSPS) is 26.2. The van der Waals surface area contributed by atoms with Crippen LogP contribution in [0.4, 0.5) is 0 Å². The minimum Gasteiger partial charge on any atom is -0.453 e. The molecule has 1 fully saturated rings. The Morgan fingerprint density at radius 3 is 2.38 bits per heavy atom. The zero-order valence-electron chi connectivity index (χ0n) is 17.4. The van der Waals surface area contributed by atoms with Crippen LogP contribution in [0.25, 0.3) is 5.57 Å². The van der Waals surface area contributed by atoms with Gasteiger partial charge in [0.2, 0.25) is 5.78 Å². The van der Waals surface area contributed by atoms with E-state index in [1.807, 2.05) is 6.07 Å². The molecule has 3 rings (SSSR count). The molecule has 1 unspecified atom stereocenters. The molecule has 26 heavy (non-hydrogen) atoms. The maximum Gasteiger partial charge on any atom is 0.220 e. The second-order valence-corrected chi connectivity index (χ2v) is 10.5. The topological polar surface area (TPSA) is 30.2 Å². The number of carbonyl (C=O) groups is 1. The summed E-state index contributed by atoms with van der Waals surface area (Å²) < 4.78 is 6.02. The van der Waals surface area contributed by atoms with Crippen molar-refractivity contribution in [1.29, 1.82) is 0 Å². The number of rotatable bonds is 3. The van der Waals surface area contributed by atoms with Gasteiger partial charge in [-0.05, 0) is 77.5 Å². The van der Waals surface area contributed by atoms with Gasteiger partial charge in [0.1, 0.15) is 5.76 Å². The standard InChI is InChI=1S/C24H34O2/c1-8-19(25)20-13-16-14-24(7,17-9-11-23(5,6)12-10-17)15-18(21(16)26-20)22(2,3)4/h8,13,15,17H,1,9-12,14H2,2-7H3. The molecule has 0 N–H and O–H groups in total. The molecule has 0 amide bonds. The first kappa shape index (κ1) is 19.2. The molecule has 142 valence electrons. The highest BCUT2D eigenvalue weighted by molar-refractivity contribution is 6.02. The lowest BCUT2D eigenvalue weighted by Gasteiger charge is -2.45. The third kappa shape index (κ3) is 3.48. The van der Waals surface area contributed by atoms with Crippen molar-refractivity contribution in [3.63, 3.8) is 0 Å². The SMILES string of the molecule is C=CC(=O)c1cc2c(o1)C(C(C)(C)C)=CC(C)(C1CCC(C)(C)CC1)C2. The van der Waals surface area contributed by atoms with E-state index in [4.69, 9.17) is 4.42 Å². The van der Waals surface area contributed by atoms with Crippen LogP contribution in [0.3, 0.4) is 0 Å². The minimum absolute atomic E-state index is 0.0171. The van der Waals surface area contributed by atoms with Gasteiger partial charge in [0.05, 0.1) is 0 Å². The number of allylic oxidation sites excluding steroid dienone is 3. The third-order valence-electron chi connectivity index (χ3n) is 6.61. The molecule has 1 heterocycles. The molecule has 2 aliphatic rings. The van der Waals surface area contributed by atoms with Crippen LogP contribution in [0.5, 0.6) is 0 Å². The number of fused-ring (bicyclic) bond motifs is 1. The Kier molecular flexibility index (Phi) is 4.61. The van der Waals surface area contributed by atoms with Gasteiger partial charge in [-0.25, -0.2) is 0 Å². The van der Waals surface area contributed by atoms with Gasteiger partial charge in [0, 0.05) is 0 Å². The van der Waals surface area contributed by atoms with Gasteiger partial charge < -0.3 is 4.42 Å². The van der Waals surface area contributed by atoms with E-state index in [-0.39, 0.29) is 16.6 Å². The fourth-order valence-electron chi connectivity index (χ4n) is 4.74. The average molecular weight is 355 g/mol. The molecule has 0 aromatic carbocycles. The summed E-state index contributed by atoms with van der Waals surface area (Å²) in [5.74, 6) is 1.90. The van der Waals surface area contributed by atoms with Crippen LogP contribution in [0, 0.1) is 22.2 Å². The summed E-state index contributed by atoms with van der Waals surface area (Å²) in [5, 5.41) is 0. The number of hydrogen-bond donors (Lipinski definition) is 0. The van der Waals surface area contributed by atoms with Crippen molar-refractivity contribution in [3.05, 3.63) is 41.9 Å². The molecule has 2 nitrogen and oxygen atoms in total. The molecule has 1 atom stereocenters. The van der Waals surface area contributed by atoms with Crippen LogP contribution < -0.4 is 0 Å². The van der Waals surface area contributed by atoms with Crippen LogP contribution >= 0.6 is 0 Å². The lowest BCUT2D eigenvalue weighted by molar-refractivity contribution is 0.102.